The molecule has 0 saturated carbocycles. The van der Waals surface area contributed by atoms with E-state index in [-0.39, 0.29) is 0 Å². The van der Waals surface area contributed by atoms with Crippen molar-refractivity contribution in [2.45, 2.75) is 64.6 Å². The number of nitriles is 1. The topological polar surface area (TPSA) is 96.8 Å². The molecule has 0 aliphatic carbocycles. The minimum Gasteiger partial charge on any atom is -0.356 e. The van der Waals surface area contributed by atoms with Gasteiger partial charge < -0.3 is 10.2 Å². The number of nitrogens with one attached hydrogen (secondary N) is 2. The van der Waals surface area contributed by atoms with E-state index in [2.05, 4.69) is 63.3 Å². The molecule has 32 heavy (non-hydrogen) atoms. The molecule has 3 aromatic rings. The first-order chi connectivity index (χ1) is 15.5. The fourth-order valence-corrected chi connectivity index (χ4v) is 4.91. The van der Waals surface area contributed by atoms with E-state index in [0.29, 0.717) is 24.5 Å². The van der Waals surface area contributed by atoms with Crippen molar-refractivity contribution < 1.29 is 0 Å². The third-order valence-corrected chi connectivity index (χ3v) is 6.57. The van der Waals surface area contributed by atoms with Crippen molar-refractivity contribution in [3.8, 4) is 6.07 Å². The maximum Gasteiger partial charge on any atom is 0.153 e. The molecule has 1 aliphatic heterocycles. The maximum atomic E-state index is 9.05. The van der Waals surface area contributed by atoms with Crippen LogP contribution in [0.1, 0.15) is 45.2 Å². The van der Waals surface area contributed by atoms with Crippen LogP contribution >= 0.6 is 0 Å². The van der Waals surface area contributed by atoms with E-state index >= 15 is 0 Å². The Hall–Kier alpha value is -3.18. The van der Waals surface area contributed by atoms with Crippen molar-refractivity contribution in [3.63, 3.8) is 0 Å². The summed E-state index contributed by atoms with van der Waals surface area (Å²) in [6.07, 6.45) is 5.58. The zero-order valence-electron chi connectivity index (χ0n) is 19.3. The maximum absolute atomic E-state index is 9.05. The number of anilines is 3. The number of aromatic nitrogens is 4. The van der Waals surface area contributed by atoms with Gasteiger partial charge in [-0.15, -0.1) is 0 Å². The molecule has 2 N–H and O–H groups in total. The van der Waals surface area contributed by atoms with Gasteiger partial charge in [0.05, 0.1) is 11.6 Å². The summed E-state index contributed by atoms with van der Waals surface area (Å²) in [5.41, 5.74) is 1.90. The van der Waals surface area contributed by atoms with Crippen molar-refractivity contribution in [1.82, 2.24) is 25.1 Å². The summed E-state index contributed by atoms with van der Waals surface area (Å²) in [6.45, 7) is 7.35. The molecule has 168 valence electrons. The number of pyridine rings is 2. The molecule has 1 saturated heterocycles. The summed E-state index contributed by atoms with van der Waals surface area (Å²) < 4.78 is 0. The van der Waals surface area contributed by atoms with Gasteiger partial charge in [-0.1, -0.05) is 6.92 Å². The highest BCUT2D eigenvalue weighted by atomic mass is 15.3. The highest BCUT2D eigenvalue weighted by Gasteiger charge is 2.34. The van der Waals surface area contributed by atoms with E-state index in [1.165, 1.54) is 0 Å². The minimum absolute atomic E-state index is 0.368. The number of H-pyrrole nitrogens is 1. The molecule has 1 fully saturated rings. The Morgan fingerprint density at radius 1 is 1.31 bits per heavy atom. The first kappa shape index (κ1) is 22.0. The Kier molecular flexibility index (Phi) is 6.56. The van der Waals surface area contributed by atoms with Crippen LogP contribution in [0.3, 0.4) is 0 Å². The normalized spacial score (nSPS) is 21.4. The van der Waals surface area contributed by atoms with Gasteiger partial charge in [0.25, 0.3) is 0 Å². The second-order valence-corrected chi connectivity index (χ2v) is 8.76. The van der Waals surface area contributed by atoms with Gasteiger partial charge in [-0.2, -0.15) is 10.4 Å². The molecule has 1 unspecified atom stereocenters. The molecular weight excluding hydrogens is 400 g/mol. The Morgan fingerprint density at radius 2 is 2.16 bits per heavy atom. The predicted octanol–water partition coefficient (Wildman–Crippen LogP) is 4.39. The van der Waals surface area contributed by atoms with E-state index < -0.39 is 0 Å². The number of rotatable bonds is 7. The van der Waals surface area contributed by atoms with Gasteiger partial charge >= 0.3 is 0 Å². The van der Waals surface area contributed by atoms with Crippen molar-refractivity contribution in [1.29, 1.82) is 5.26 Å². The fraction of sp³-hybridized carbons (Fsp3) is 0.500. The summed E-state index contributed by atoms with van der Waals surface area (Å²) in [5.74, 6) is 2.41. The van der Waals surface area contributed by atoms with Gasteiger partial charge in [0.2, 0.25) is 0 Å². The van der Waals surface area contributed by atoms with E-state index in [4.69, 9.17) is 10.2 Å². The first-order valence-corrected chi connectivity index (χ1v) is 11.4. The smallest absolute Gasteiger partial charge is 0.153 e. The molecule has 8 nitrogen and oxygen atoms in total. The summed E-state index contributed by atoms with van der Waals surface area (Å²) >= 11 is 0. The van der Waals surface area contributed by atoms with E-state index in [9.17, 15) is 0 Å². The average molecular weight is 433 g/mol. The number of hydrogen-bond acceptors (Lipinski definition) is 7. The zero-order valence-corrected chi connectivity index (χ0v) is 19.3. The summed E-state index contributed by atoms with van der Waals surface area (Å²) in [7, 11) is 2.15. The third-order valence-electron chi connectivity index (χ3n) is 6.57. The van der Waals surface area contributed by atoms with E-state index in [1.807, 2.05) is 31.3 Å². The van der Waals surface area contributed by atoms with Gasteiger partial charge in [0.1, 0.15) is 11.6 Å². The van der Waals surface area contributed by atoms with Crippen LogP contribution < -0.4 is 10.2 Å². The number of aryl methyl sites for hydroxylation is 1. The Balaban J connectivity index is 1.64. The lowest BCUT2D eigenvalue weighted by Gasteiger charge is -2.46. The molecule has 4 rings (SSSR count). The molecule has 0 amide bonds. The summed E-state index contributed by atoms with van der Waals surface area (Å²) in [5, 5.41) is 20.7. The van der Waals surface area contributed by atoms with Gasteiger partial charge in [-0.3, -0.25) is 15.0 Å². The number of fused-ring (bicyclic) bond motifs is 1. The molecule has 3 aromatic heterocycles. The highest BCUT2D eigenvalue weighted by Crippen LogP contribution is 2.33. The van der Waals surface area contributed by atoms with Crippen molar-refractivity contribution >= 4 is 28.4 Å². The third kappa shape index (κ3) is 4.53. The number of hydrogen-bond donors (Lipinski definition) is 2. The molecule has 0 aromatic carbocycles. The number of aromatic amines is 1. The van der Waals surface area contributed by atoms with Crippen LogP contribution in [0.2, 0.25) is 0 Å². The molecule has 3 atom stereocenters. The second-order valence-electron chi connectivity index (χ2n) is 8.76. The Labute approximate surface area is 189 Å². The Morgan fingerprint density at radius 3 is 2.88 bits per heavy atom. The van der Waals surface area contributed by atoms with Crippen LogP contribution in [0.15, 0.2) is 30.5 Å². The van der Waals surface area contributed by atoms with Crippen LogP contribution in [0, 0.1) is 18.3 Å². The number of nitrogens with zero attached hydrogens (tertiary/aromatic N) is 6. The van der Waals surface area contributed by atoms with E-state index in [1.54, 1.807) is 0 Å². The highest BCUT2D eigenvalue weighted by molar-refractivity contribution is 5.92. The molecule has 1 aliphatic rings. The van der Waals surface area contributed by atoms with Crippen LogP contribution in [-0.4, -0.2) is 56.8 Å². The van der Waals surface area contributed by atoms with Crippen molar-refractivity contribution in [2.75, 3.05) is 23.8 Å². The van der Waals surface area contributed by atoms with Crippen molar-refractivity contribution in [3.05, 3.63) is 36.2 Å². The van der Waals surface area contributed by atoms with Gasteiger partial charge in [0.15, 0.2) is 5.82 Å². The average Bonchev–Trinajstić information content (AvgIpc) is 3.21. The van der Waals surface area contributed by atoms with Gasteiger partial charge in [-0.25, -0.2) is 4.98 Å². The minimum atomic E-state index is 0.368. The number of likely N-dealkylation sites (tertiary alicyclic amines) is 1. The van der Waals surface area contributed by atoms with Gasteiger partial charge in [0, 0.05) is 67.5 Å². The second kappa shape index (κ2) is 9.53. The monoisotopic (exact) mass is 432 g/mol. The lowest BCUT2D eigenvalue weighted by atomic mass is 9.89. The SMILES string of the molecule is CC[C@@H]1CC(N(C)c2nc(Nc3cc(C)[nH]n3)cc3ncccc23)C[C@H](C)N1CCC#N. The summed E-state index contributed by atoms with van der Waals surface area (Å²) in [4.78, 5) is 14.4. The molecule has 4 heterocycles. The first-order valence-electron chi connectivity index (χ1n) is 11.4. The van der Waals surface area contributed by atoms with Crippen molar-refractivity contribution in [2.24, 2.45) is 0 Å². The number of piperidine rings is 1. The van der Waals surface area contributed by atoms with Crippen LogP contribution in [0.5, 0.6) is 0 Å². The summed E-state index contributed by atoms with van der Waals surface area (Å²) in [6, 6.07) is 11.5. The Bertz CT molecular complexity index is 1100. The largest absolute Gasteiger partial charge is 0.356 e. The predicted molar refractivity (Wildman–Crippen MR) is 128 cm³/mol. The molecular formula is C24H32N8. The van der Waals surface area contributed by atoms with Crippen LogP contribution in [-0.2, 0) is 0 Å². The quantitative estimate of drug-likeness (QED) is 0.571. The fourth-order valence-electron chi connectivity index (χ4n) is 4.91. The standard InChI is InChI=1S/C24H32N8/c1-5-18-14-19(13-17(3)32(18)11-7-9-25)31(4)24-20-8-6-10-26-21(20)15-22(28-24)27-23-12-16(2)29-30-23/h6,8,10,12,15,17-19H,5,7,11,13-14H2,1-4H3,(H2,27,28,29,30)/t17-,18+,19?/m0/s1. The lowest BCUT2D eigenvalue weighted by molar-refractivity contribution is 0.0805. The van der Waals surface area contributed by atoms with Gasteiger partial charge in [-0.05, 0) is 45.2 Å². The zero-order chi connectivity index (χ0) is 22.7. The van der Waals surface area contributed by atoms with E-state index in [0.717, 1.165) is 59.9 Å². The molecule has 0 radical (unpaired) electrons. The molecule has 0 spiro atoms. The molecule has 0 bridgehead atoms. The molecule has 8 heteroatoms. The van der Waals surface area contributed by atoms with Crippen LogP contribution in [0.4, 0.5) is 17.5 Å². The van der Waals surface area contributed by atoms with Crippen LogP contribution in [0.25, 0.3) is 10.9 Å². The lowest BCUT2D eigenvalue weighted by Crippen LogP contribution is -2.53.